The van der Waals surface area contributed by atoms with Crippen LogP contribution in [0, 0.1) is 5.82 Å². The lowest BCUT2D eigenvalue weighted by Gasteiger charge is -2.20. The van der Waals surface area contributed by atoms with Crippen LogP contribution in [0.4, 0.5) is 29.3 Å². The second-order valence-electron chi connectivity index (χ2n) is 3.37. The highest BCUT2D eigenvalue weighted by Crippen LogP contribution is 2.21. The van der Waals surface area contributed by atoms with Gasteiger partial charge in [0.05, 0.1) is 6.20 Å². The van der Waals surface area contributed by atoms with E-state index in [0.717, 1.165) is 13.2 Å². The van der Waals surface area contributed by atoms with Gasteiger partial charge in [-0.1, -0.05) is 0 Å². The zero-order chi connectivity index (χ0) is 13.1. The van der Waals surface area contributed by atoms with E-state index in [0.29, 0.717) is 11.4 Å². The van der Waals surface area contributed by atoms with Gasteiger partial charge < -0.3 is 10.2 Å². The first-order valence-electron chi connectivity index (χ1n) is 4.87. The Kier molecular flexibility index (Phi) is 4.08. The minimum Gasteiger partial charge on any atom is -0.354 e. The molecular weight excluding hydrogens is 240 g/mol. The molecule has 17 heavy (non-hydrogen) atoms. The SMILES string of the molecule is CCNc1ncc(F)c(N(C)CC(F)(F)F)n1. The Hall–Kier alpha value is -1.60. The van der Waals surface area contributed by atoms with Gasteiger partial charge >= 0.3 is 6.18 Å². The van der Waals surface area contributed by atoms with E-state index in [9.17, 15) is 17.6 Å². The molecule has 0 spiro atoms. The summed E-state index contributed by atoms with van der Waals surface area (Å²) in [5, 5.41) is 2.70. The molecule has 0 radical (unpaired) electrons. The molecule has 1 aromatic rings. The van der Waals surface area contributed by atoms with Crippen molar-refractivity contribution in [2.24, 2.45) is 0 Å². The van der Waals surface area contributed by atoms with Crippen molar-refractivity contribution >= 4 is 11.8 Å². The number of halogens is 4. The predicted octanol–water partition coefficient (Wildman–Crippen LogP) is 2.05. The van der Waals surface area contributed by atoms with Crippen molar-refractivity contribution in [2.45, 2.75) is 13.1 Å². The number of alkyl halides is 3. The Morgan fingerprint density at radius 1 is 1.41 bits per heavy atom. The van der Waals surface area contributed by atoms with E-state index >= 15 is 0 Å². The number of nitrogens with one attached hydrogen (secondary N) is 1. The quantitative estimate of drug-likeness (QED) is 0.833. The van der Waals surface area contributed by atoms with E-state index in [-0.39, 0.29) is 11.8 Å². The number of aromatic nitrogens is 2. The molecular formula is C9H12F4N4. The zero-order valence-electron chi connectivity index (χ0n) is 9.35. The molecule has 0 aliphatic rings. The summed E-state index contributed by atoms with van der Waals surface area (Å²) in [6.07, 6.45) is -3.57. The van der Waals surface area contributed by atoms with Crippen LogP contribution in [-0.2, 0) is 0 Å². The van der Waals surface area contributed by atoms with Gasteiger partial charge in [-0.25, -0.2) is 9.37 Å². The second-order valence-corrected chi connectivity index (χ2v) is 3.37. The van der Waals surface area contributed by atoms with Gasteiger partial charge in [0.2, 0.25) is 5.95 Å². The first-order chi connectivity index (χ1) is 7.83. The van der Waals surface area contributed by atoms with E-state index in [2.05, 4.69) is 15.3 Å². The minimum absolute atomic E-state index is 0.0953. The number of hydrogen-bond acceptors (Lipinski definition) is 4. The second kappa shape index (κ2) is 5.15. The fraction of sp³-hybridized carbons (Fsp3) is 0.556. The molecule has 0 unspecified atom stereocenters. The van der Waals surface area contributed by atoms with Gasteiger partial charge in [0, 0.05) is 13.6 Å². The van der Waals surface area contributed by atoms with E-state index in [1.54, 1.807) is 6.92 Å². The highest BCUT2D eigenvalue weighted by atomic mass is 19.4. The molecule has 0 saturated heterocycles. The van der Waals surface area contributed by atoms with Crippen LogP contribution in [0.2, 0.25) is 0 Å². The van der Waals surface area contributed by atoms with Gasteiger partial charge in [-0.2, -0.15) is 18.2 Å². The third-order valence-electron chi connectivity index (χ3n) is 1.84. The van der Waals surface area contributed by atoms with Crippen molar-refractivity contribution in [1.82, 2.24) is 9.97 Å². The average Bonchev–Trinajstić information content (AvgIpc) is 2.18. The van der Waals surface area contributed by atoms with Crippen LogP contribution >= 0.6 is 0 Å². The molecule has 4 nitrogen and oxygen atoms in total. The van der Waals surface area contributed by atoms with Crippen LogP contribution in [0.1, 0.15) is 6.92 Å². The van der Waals surface area contributed by atoms with Crippen molar-refractivity contribution in [1.29, 1.82) is 0 Å². The molecule has 8 heteroatoms. The predicted molar refractivity (Wildman–Crippen MR) is 55.5 cm³/mol. The Labute approximate surface area is 95.7 Å². The summed E-state index contributed by atoms with van der Waals surface area (Å²) in [5.74, 6) is -1.18. The van der Waals surface area contributed by atoms with Crippen LogP contribution in [0.3, 0.4) is 0 Å². The van der Waals surface area contributed by atoms with E-state index in [1.165, 1.54) is 0 Å². The summed E-state index contributed by atoms with van der Waals surface area (Å²) in [6.45, 7) is 0.992. The molecule has 0 aliphatic heterocycles. The van der Waals surface area contributed by atoms with E-state index in [1.807, 2.05) is 0 Å². The molecule has 0 bridgehead atoms. The Balaban J connectivity index is 2.91. The molecule has 0 aliphatic carbocycles. The highest BCUT2D eigenvalue weighted by molar-refractivity contribution is 5.43. The number of rotatable bonds is 4. The van der Waals surface area contributed by atoms with Gasteiger partial charge in [-0.15, -0.1) is 0 Å². The first-order valence-corrected chi connectivity index (χ1v) is 4.87. The standard InChI is InChI=1S/C9H12F4N4/c1-3-14-8-15-4-6(10)7(16-8)17(2)5-9(11,12)13/h4H,3,5H2,1-2H3,(H,14,15,16). The normalized spacial score (nSPS) is 11.4. The third kappa shape index (κ3) is 4.04. The lowest BCUT2D eigenvalue weighted by molar-refractivity contribution is -0.119. The summed E-state index contributed by atoms with van der Waals surface area (Å²) in [6, 6.07) is 0. The molecule has 1 N–H and O–H groups in total. The molecule has 1 heterocycles. The van der Waals surface area contributed by atoms with Gasteiger partial charge in [-0.05, 0) is 6.92 Å². The largest absolute Gasteiger partial charge is 0.405 e. The maximum atomic E-state index is 13.3. The monoisotopic (exact) mass is 252 g/mol. The summed E-state index contributed by atoms with van der Waals surface area (Å²) in [4.78, 5) is 7.97. The van der Waals surface area contributed by atoms with Crippen molar-refractivity contribution in [3.63, 3.8) is 0 Å². The van der Waals surface area contributed by atoms with Gasteiger partial charge in [0.25, 0.3) is 0 Å². The molecule has 0 aromatic carbocycles. The fourth-order valence-electron chi connectivity index (χ4n) is 1.21. The van der Waals surface area contributed by atoms with Crippen molar-refractivity contribution in [2.75, 3.05) is 30.4 Å². The number of anilines is 2. The van der Waals surface area contributed by atoms with Crippen molar-refractivity contribution in [3.05, 3.63) is 12.0 Å². The topological polar surface area (TPSA) is 41.1 Å². The summed E-state index contributed by atoms with van der Waals surface area (Å²) in [5.41, 5.74) is 0. The maximum Gasteiger partial charge on any atom is 0.405 e. The highest BCUT2D eigenvalue weighted by Gasteiger charge is 2.30. The molecule has 0 atom stereocenters. The van der Waals surface area contributed by atoms with Crippen LogP contribution in [-0.4, -0.2) is 36.3 Å². The molecule has 0 fully saturated rings. The minimum atomic E-state index is -4.41. The molecule has 0 saturated carbocycles. The molecule has 0 amide bonds. The van der Waals surface area contributed by atoms with Crippen LogP contribution < -0.4 is 10.2 Å². The Morgan fingerprint density at radius 3 is 2.59 bits per heavy atom. The van der Waals surface area contributed by atoms with E-state index in [4.69, 9.17) is 0 Å². The van der Waals surface area contributed by atoms with Crippen LogP contribution in [0.5, 0.6) is 0 Å². The lowest BCUT2D eigenvalue weighted by Crippen LogP contribution is -2.32. The third-order valence-corrected chi connectivity index (χ3v) is 1.84. The lowest BCUT2D eigenvalue weighted by atomic mass is 10.4. The van der Waals surface area contributed by atoms with Gasteiger partial charge in [0.15, 0.2) is 11.6 Å². The molecule has 96 valence electrons. The summed E-state index contributed by atoms with van der Waals surface area (Å²) in [7, 11) is 1.12. The van der Waals surface area contributed by atoms with Crippen LogP contribution in [0.15, 0.2) is 6.20 Å². The smallest absolute Gasteiger partial charge is 0.354 e. The van der Waals surface area contributed by atoms with Crippen molar-refractivity contribution in [3.8, 4) is 0 Å². The summed E-state index contributed by atoms with van der Waals surface area (Å²) >= 11 is 0. The Bertz CT molecular complexity index is 380. The van der Waals surface area contributed by atoms with Crippen molar-refractivity contribution < 1.29 is 17.6 Å². The zero-order valence-corrected chi connectivity index (χ0v) is 9.35. The van der Waals surface area contributed by atoms with Crippen LogP contribution in [0.25, 0.3) is 0 Å². The molecule has 1 rings (SSSR count). The number of nitrogens with zero attached hydrogens (tertiary/aromatic N) is 3. The molecule has 1 aromatic heterocycles. The fourth-order valence-corrected chi connectivity index (χ4v) is 1.21. The maximum absolute atomic E-state index is 13.3. The van der Waals surface area contributed by atoms with Gasteiger partial charge in [-0.3, -0.25) is 0 Å². The Morgan fingerprint density at radius 2 is 2.06 bits per heavy atom. The average molecular weight is 252 g/mol. The summed E-state index contributed by atoms with van der Waals surface area (Å²) < 4.78 is 49.7. The first kappa shape index (κ1) is 13.5. The van der Waals surface area contributed by atoms with Gasteiger partial charge in [0.1, 0.15) is 6.54 Å². The number of hydrogen-bond donors (Lipinski definition) is 1. The van der Waals surface area contributed by atoms with E-state index < -0.39 is 18.5 Å².